The minimum atomic E-state index is -0.0425. The van der Waals surface area contributed by atoms with Crippen LogP contribution in [0.2, 0.25) is 0 Å². The Kier molecular flexibility index (Phi) is 8.07. The van der Waals surface area contributed by atoms with Crippen LogP contribution in [0.3, 0.4) is 0 Å². The normalized spacial score (nSPS) is 25.2. The van der Waals surface area contributed by atoms with Crippen LogP contribution in [0.1, 0.15) is 38.2 Å². The first kappa shape index (κ1) is 23.3. The number of Topliss-reactive ketones (excluding diaryl/α,β-unsaturated/α-hetero) is 1. The van der Waals surface area contributed by atoms with Crippen molar-refractivity contribution in [2.24, 2.45) is 5.92 Å². The fourth-order valence-corrected chi connectivity index (χ4v) is 4.85. The van der Waals surface area contributed by atoms with Crippen molar-refractivity contribution in [1.82, 2.24) is 25.0 Å². The van der Waals surface area contributed by atoms with Crippen molar-refractivity contribution in [3.8, 4) is 0 Å². The predicted molar refractivity (Wildman–Crippen MR) is 123 cm³/mol. The van der Waals surface area contributed by atoms with E-state index in [-0.39, 0.29) is 17.9 Å². The van der Waals surface area contributed by atoms with Gasteiger partial charge < -0.3 is 15.1 Å². The number of carbonyl (C=O) groups excluding carboxylic acids is 2. The van der Waals surface area contributed by atoms with Crippen molar-refractivity contribution in [3.63, 3.8) is 0 Å². The molecular formula is C24H37N5O2. The summed E-state index contributed by atoms with van der Waals surface area (Å²) in [7, 11) is 5.77. The molecule has 1 aromatic rings. The van der Waals surface area contributed by atoms with Crippen molar-refractivity contribution in [2.45, 2.75) is 51.1 Å². The highest BCUT2D eigenvalue weighted by Gasteiger charge is 2.41. The molecule has 1 aliphatic heterocycles. The number of aromatic nitrogens is 1. The average molecular weight is 428 g/mol. The van der Waals surface area contributed by atoms with E-state index in [1.165, 1.54) is 0 Å². The molecule has 3 rings (SSSR count). The van der Waals surface area contributed by atoms with Crippen LogP contribution in [0.4, 0.5) is 4.79 Å². The quantitative estimate of drug-likeness (QED) is 0.678. The van der Waals surface area contributed by atoms with Crippen molar-refractivity contribution < 1.29 is 9.59 Å². The molecule has 2 amide bonds. The summed E-state index contributed by atoms with van der Waals surface area (Å²) in [5.74, 6) is 0.560. The van der Waals surface area contributed by atoms with Gasteiger partial charge in [-0.15, -0.1) is 0 Å². The van der Waals surface area contributed by atoms with Gasteiger partial charge in [-0.2, -0.15) is 0 Å². The molecule has 7 heteroatoms. The van der Waals surface area contributed by atoms with Crippen LogP contribution in [0.5, 0.6) is 0 Å². The largest absolute Gasteiger partial charge is 0.383 e. The molecule has 2 fully saturated rings. The van der Waals surface area contributed by atoms with Gasteiger partial charge in [-0.3, -0.25) is 14.7 Å². The number of amides is 2. The molecule has 2 aliphatic rings. The lowest BCUT2D eigenvalue weighted by Gasteiger charge is -2.47. The Morgan fingerprint density at radius 2 is 2.13 bits per heavy atom. The summed E-state index contributed by atoms with van der Waals surface area (Å²) < 4.78 is 0. The highest BCUT2D eigenvalue weighted by molar-refractivity contribution is 5.96. The Hall–Kier alpha value is -2.41. The molecule has 0 spiro atoms. The molecule has 3 atom stereocenters. The van der Waals surface area contributed by atoms with Gasteiger partial charge in [0.25, 0.3) is 0 Å². The number of fused-ring (bicyclic) bond motifs is 1. The number of ketones is 1. The molecule has 0 radical (unpaired) electrons. The molecule has 31 heavy (non-hydrogen) atoms. The molecule has 0 unspecified atom stereocenters. The Labute approximate surface area is 186 Å². The van der Waals surface area contributed by atoms with Crippen LogP contribution in [0.15, 0.2) is 36.3 Å². The summed E-state index contributed by atoms with van der Waals surface area (Å²) in [5.41, 5.74) is 2.06. The minimum Gasteiger partial charge on any atom is -0.383 e. The molecule has 1 aromatic heterocycles. The second kappa shape index (κ2) is 10.8. The predicted octanol–water partition coefficient (Wildman–Crippen LogP) is 2.54. The lowest BCUT2D eigenvalue weighted by Crippen LogP contribution is -2.58. The second-order valence-electron chi connectivity index (χ2n) is 9.19. The summed E-state index contributed by atoms with van der Waals surface area (Å²) in [6.45, 7) is 4.68. The number of hydrogen-bond donors (Lipinski definition) is 1. The van der Waals surface area contributed by atoms with Crippen LogP contribution >= 0.6 is 0 Å². The highest BCUT2D eigenvalue weighted by atomic mass is 16.2. The SMILES string of the molecule is CCCN1C[C@@H](NC(=O)N(C)CCc2cccnc2)C[C@@H]2CC(=O)C(=CN(C)C)C[C@H]21. The number of nitrogens with one attached hydrogen (secondary N) is 1. The third-order valence-electron chi connectivity index (χ3n) is 6.35. The van der Waals surface area contributed by atoms with Crippen molar-refractivity contribution in [3.05, 3.63) is 41.9 Å². The molecule has 2 heterocycles. The van der Waals surface area contributed by atoms with Crippen LogP contribution in [0.25, 0.3) is 0 Å². The maximum absolute atomic E-state index is 12.8. The van der Waals surface area contributed by atoms with Gasteiger partial charge in [0.2, 0.25) is 0 Å². The van der Waals surface area contributed by atoms with Crippen molar-refractivity contribution in [1.29, 1.82) is 0 Å². The number of likely N-dealkylation sites (tertiary alicyclic amines) is 1. The third kappa shape index (κ3) is 6.29. The summed E-state index contributed by atoms with van der Waals surface area (Å²) in [5, 5.41) is 3.23. The van der Waals surface area contributed by atoms with Crippen molar-refractivity contribution in [2.75, 3.05) is 40.8 Å². The highest BCUT2D eigenvalue weighted by Crippen LogP contribution is 2.36. The van der Waals surface area contributed by atoms with Gasteiger partial charge in [0.1, 0.15) is 0 Å². The molecule has 1 aliphatic carbocycles. The zero-order valence-electron chi connectivity index (χ0n) is 19.4. The van der Waals surface area contributed by atoms with Gasteiger partial charge in [0, 0.05) is 76.9 Å². The van der Waals surface area contributed by atoms with Crippen molar-refractivity contribution >= 4 is 11.8 Å². The van der Waals surface area contributed by atoms with Gasteiger partial charge in [0.15, 0.2) is 5.78 Å². The van der Waals surface area contributed by atoms with Gasteiger partial charge >= 0.3 is 6.03 Å². The molecule has 1 saturated carbocycles. The summed E-state index contributed by atoms with van der Waals surface area (Å²) >= 11 is 0. The number of urea groups is 1. The molecule has 1 N–H and O–H groups in total. The van der Waals surface area contributed by atoms with E-state index in [4.69, 9.17) is 0 Å². The average Bonchev–Trinajstić information content (AvgIpc) is 2.73. The number of pyridine rings is 1. The smallest absolute Gasteiger partial charge is 0.317 e. The van der Waals surface area contributed by atoms with E-state index >= 15 is 0 Å². The lowest BCUT2D eigenvalue weighted by atomic mass is 9.74. The minimum absolute atomic E-state index is 0.0425. The number of carbonyl (C=O) groups is 2. The number of likely N-dealkylation sites (N-methyl/N-ethyl adjacent to an activating group) is 1. The van der Waals surface area contributed by atoms with E-state index in [1.54, 1.807) is 11.1 Å². The summed E-state index contributed by atoms with van der Waals surface area (Å²) in [4.78, 5) is 35.8. The maximum atomic E-state index is 12.8. The molecule has 170 valence electrons. The summed E-state index contributed by atoms with van der Waals surface area (Å²) in [6, 6.07) is 4.37. The van der Waals surface area contributed by atoms with Gasteiger partial charge in [-0.25, -0.2) is 4.79 Å². The monoisotopic (exact) mass is 427 g/mol. The first-order valence-corrected chi connectivity index (χ1v) is 11.4. The van der Waals surface area contributed by atoms with E-state index in [2.05, 4.69) is 22.1 Å². The van der Waals surface area contributed by atoms with E-state index < -0.39 is 0 Å². The Morgan fingerprint density at radius 3 is 2.81 bits per heavy atom. The fraction of sp³-hybridized carbons (Fsp3) is 0.625. The molecule has 1 saturated heterocycles. The molecular weight excluding hydrogens is 390 g/mol. The Balaban J connectivity index is 1.59. The first-order chi connectivity index (χ1) is 14.9. The zero-order chi connectivity index (χ0) is 22.4. The van der Waals surface area contributed by atoms with E-state index in [0.717, 1.165) is 49.9 Å². The van der Waals surface area contributed by atoms with E-state index in [9.17, 15) is 9.59 Å². The fourth-order valence-electron chi connectivity index (χ4n) is 4.85. The number of piperidine rings is 1. The maximum Gasteiger partial charge on any atom is 0.317 e. The van der Waals surface area contributed by atoms with Crippen LogP contribution in [-0.4, -0.2) is 84.4 Å². The number of hydrogen-bond acceptors (Lipinski definition) is 5. The zero-order valence-corrected chi connectivity index (χ0v) is 19.4. The molecule has 0 bridgehead atoms. The first-order valence-electron chi connectivity index (χ1n) is 11.4. The molecule has 7 nitrogen and oxygen atoms in total. The second-order valence-corrected chi connectivity index (χ2v) is 9.19. The Morgan fingerprint density at radius 1 is 1.32 bits per heavy atom. The summed E-state index contributed by atoms with van der Waals surface area (Å²) in [6.07, 6.45) is 9.69. The van der Waals surface area contributed by atoms with Gasteiger partial charge in [0.05, 0.1) is 0 Å². The van der Waals surface area contributed by atoms with Gasteiger partial charge in [-0.1, -0.05) is 13.0 Å². The number of nitrogens with zero attached hydrogens (tertiary/aromatic N) is 4. The standard InChI is InChI=1S/C24H37N5O2/c1-5-10-29-17-21(12-19-14-23(30)20(13-22(19)29)16-27(2)3)26-24(31)28(4)11-8-18-7-6-9-25-15-18/h6-7,9,15-16,19,21-22H,5,8,10-14,17H2,1-4H3,(H,26,31)/t19-,21+,22-/m1/s1. The van der Waals surface area contributed by atoms with Crippen LogP contribution < -0.4 is 5.32 Å². The van der Waals surface area contributed by atoms with E-state index in [0.29, 0.717) is 24.9 Å². The van der Waals surface area contributed by atoms with E-state index in [1.807, 2.05) is 50.6 Å². The molecule has 0 aromatic carbocycles. The Bertz CT molecular complexity index is 779. The van der Waals surface area contributed by atoms with Crippen LogP contribution in [0, 0.1) is 5.92 Å². The van der Waals surface area contributed by atoms with Gasteiger partial charge in [-0.05, 0) is 49.8 Å². The van der Waals surface area contributed by atoms with Crippen LogP contribution in [-0.2, 0) is 11.2 Å². The lowest BCUT2D eigenvalue weighted by molar-refractivity contribution is -0.119. The number of rotatable bonds is 7. The third-order valence-corrected chi connectivity index (χ3v) is 6.35. The topological polar surface area (TPSA) is 68.8 Å².